The third kappa shape index (κ3) is 4.44. The maximum absolute atomic E-state index is 11.4. The molecule has 0 aromatic carbocycles. The summed E-state index contributed by atoms with van der Waals surface area (Å²) in [5, 5.41) is 12.4. The fourth-order valence-electron chi connectivity index (χ4n) is 2.79. The van der Waals surface area contributed by atoms with E-state index < -0.39 is 11.5 Å². The Morgan fingerprint density at radius 1 is 1.42 bits per heavy atom. The Morgan fingerprint density at radius 2 is 2.11 bits per heavy atom. The first-order valence-electron chi connectivity index (χ1n) is 7.37. The lowest BCUT2D eigenvalue weighted by molar-refractivity contribution is -0.144. The highest BCUT2D eigenvalue weighted by Crippen LogP contribution is 2.14. The number of carboxylic acids is 1. The van der Waals surface area contributed by atoms with Gasteiger partial charge in [0.2, 0.25) is 0 Å². The molecule has 0 aromatic rings. The zero-order chi connectivity index (χ0) is 14.5. The smallest absolute Gasteiger partial charge is 0.323 e. The van der Waals surface area contributed by atoms with Crippen molar-refractivity contribution >= 4 is 5.97 Å². The molecule has 0 spiro atoms. The molecule has 1 rings (SSSR count). The van der Waals surface area contributed by atoms with Crippen LogP contribution in [-0.4, -0.2) is 71.7 Å². The molecule has 1 heterocycles. The Morgan fingerprint density at radius 3 is 2.58 bits per heavy atom. The fourth-order valence-corrected chi connectivity index (χ4v) is 2.79. The SMILES string of the molecule is CCNC(C)(CCN1CCN(CC)C(C)C1)C(=O)O. The van der Waals surface area contributed by atoms with Crippen molar-refractivity contribution in [3.63, 3.8) is 0 Å². The number of likely N-dealkylation sites (N-methyl/N-ethyl adjacent to an activating group) is 2. The predicted octanol–water partition coefficient (Wildman–Crippen LogP) is 0.855. The minimum Gasteiger partial charge on any atom is -0.480 e. The number of carboxylic acid groups (broad SMARTS) is 1. The van der Waals surface area contributed by atoms with Gasteiger partial charge < -0.3 is 15.3 Å². The first kappa shape index (κ1) is 16.4. The third-order valence-electron chi connectivity index (χ3n) is 4.22. The topological polar surface area (TPSA) is 55.8 Å². The molecule has 19 heavy (non-hydrogen) atoms. The van der Waals surface area contributed by atoms with Gasteiger partial charge in [-0.3, -0.25) is 9.69 Å². The third-order valence-corrected chi connectivity index (χ3v) is 4.22. The van der Waals surface area contributed by atoms with E-state index in [-0.39, 0.29) is 0 Å². The van der Waals surface area contributed by atoms with Gasteiger partial charge in [0, 0.05) is 32.2 Å². The van der Waals surface area contributed by atoms with Crippen molar-refractivity contribution in [3.8, 4) is 0 Å². The molecule has 1 aliphatic rings. The van der Waals surface area contributed by atoms with Gasteiger partial charge in [0.05, 0.1) is 0 Å². The molecule has 0 aliphatic carbocycles. The Hall–Kier alpha value is -0.650. The molecule has 0 radical (unpaired) electrons. The van der Waals surface area contributed by atoms with Gasteiger partial charge in [0.25, 0.3) is 0 Å². The summed E-state index contributed by atoms with van der Waals surface area (Å²) in [5.74, 6) is -0.755. The first-order valence-corrected chi connectivity index (χ1v) is 7.37. The average molecular weight is 271 g/mol. The first-order chi connectivity index (χ1) is 8.92. The molecular formula is C14H29N3O2. The van der Waals surface area contributed by atoms with Crippen molar-refractivity contribution in [1.82, 2.24) is 15.1 Å². The van der Waals surface area contributed by atoms with Crippen LogP contribution in [-0.2, 0) is 4.79 Å². The molecule has 0 bridgehead atoms. The largest absolute Gasteiger partial charge is 0.480 e. The lowest BCUT2D eigenvalue weighted by Crippen LogP contribution is -2.55. The normalized spacial score (nSPS) is 25.2. The number of hydrogen-bond acceptors (Lipinski definition) is 4. The monoisotopic (exact) mass is 271 g/mol. The van der Waals surface area contributed by atoms with Gasteiger partial charge in [-0.15, -0.1) is 0 Å². The summed E-state index contributed by atoms with van der Waals surface area (Å²) in [6.07, 6.45) is 0.648. The van der Waals surface area contributed by atoms with Crippen molar-refractivity contribution in [1.29, 1.82) is 0 Å². The van der Waals surface area contributed by atoms with Crippen molar-refractivity contribution in [2.24, 2.45) is 0 Å². The molecule has 5 nitrogen and oxygen atoms in total. The summed E-state index contributed by atoms with van der Waals surface area (Å²) >= 11 is 0. The zero-order valence-corrected chi connectivity index (χ0v) is 12.8. The molecule has 1 saturated heterocycles. The van der Waals surface area contributed by atoms with Gasteiger partial charge in [0.1, 0.15) is 5.54 Å². The van der Waals surface area contributed by atoms with E-state index in [1.165, 1.54) is 0 Å². The van der Waals surface area contributed by atoms with Crippen molar-refractivity contribution in [2.75, 3.05) is 39.3 Å². The van der Waals surface area contributed by atoms with Crippen molar-refractivity contribution in [2.45, 2.75) is 45.7 Å². The predicted molar refractivity (Wildman–Crippen MR) is 77.5 cm³/mol. The molecule has 1 aliphatic heterocycles. The van der Waals surface area contributed by atoms with E-state index >= 15 is 0 Å². The highest BCUT2D eigenvalue weighted by Gasteiger charge is 2.33. The molecular weight excluding hydrogens is 242 g/mol. The van der Waals surface area contributed by atoms with Crippen LogP contribution < -0.4 is 5.32 Å². The maximum Gasteiger partial charge on any atom is 0.323 e. The van der Waals surface area contributed by atoms with Gasteiger partial charge in [-0.25, -0.2) is 0 Å². The Kier molecular flexibility index (Phi) is 6.23. The van der Waals surface area contributed by atoms with Crippen LogP contribution in [0.3, 0.4) is 0 Å². The van der Waals surface area contributed by atoms with E-state index in [0.29, 0.717) is 19.0 Å². The lowest BCUT2D eigenvalue weighted by Gasteiger charge is -2.40. The number of nitrogens with one attached hydrogen (secondary N) is 1. The van der Waals surface area contributed by atoms with E-state index in [9.17, 15) is 9.90 Å². The van der Waals surface area contributed by atoms with Crippen LogP contribution in [0.5, 0.6) is 0 Å². The summed E-state index contributed by atoms with van der Waals surface area (Å²) in [7, 11) is 0. The molecule has 112 valence electrons. The second-order valence-electron chi connectivity index (χ2n) is 5.70. The van der Waals surface area contributed by atoms with Gasteiger partial charge in [-0.1, -0.05) is 13.8 Å². The van der Waals surface area contributed by atoms with Gasteiger partial charge >= 0.3 is 5.97 Å². The molecule has 2 atom stereocenters. The summed E-state index contributed by atoms with van der Waals surface area (Å²) in [6, 6.07) is 0.564. The molecule has 0 amide bonds. The summed E-state index contributed by atoms with van der Waals surface area (Å²) in [6.45, 7) is 14.0. The molecule has 5 heteroatoms. The van der Waals surface area contributed by atoms with E-state index in [1.807, 2.05) is 6.92 Å². The van der Waals surface area contributed by atoms with Gasteiger partial charge in [-0.05, 0) is 33.4 Å². The lowest BCUT2D eigenvalue weighted by atomic mass is 9.97. The van der Waals surface area contributed by atoms with Crippen LogP contribution in [0.15, 0.2) is 0 Å². The second-order valence-corrected chi connectivity index (χ2v) is 5.70. The van der Waals surface area contributed by atoms with Crippen LogP contribution in [0.1, 0.15) is 34.1 Å². The zero-order valence-electron chi connectivity index (χ0n) is 12.8. The number of aliphatic carboxylic acids is 1. The average Bonchev–Trinajstić information content (AvgIpc) is 2.36. The summed E-state index contributed by atoms with van der Waals surface area (Å²) in [5.41, 5.74) is -0.806. The molecule has 1 fully saturated rings. The number of hydrogen-bond donors (Lipinski definition) is 2. The number of carbonyl (C=O) groups is 1. The molecule has 0 saturated carbocycles. The Balaban J connectivity index is 2.46. The van der Waals surface area contributed by atoms with Crippen LogP contribution >= 0.6 is 0 Å². The maximum atomic E-state index is 11.4. The van der Waals surface area contributed by atoms with Crippen LogP contribution in [0.4, 0.5) is 0 Å². The molecule has 2 unspecified atom stereocenters. The molecule has 2 N–H and O–H groups in total. The van der Waals surface area contributed by atoms with Crippen molar-refractivity contribution in [3.05, 3.63) is 0 Å². The molecule has 0 aromatic heterocycles. The minimum atomic E-state index is -0.806. The van der Waals surface area contributed by atoms with Crippen LogP contribution in [0.25, 0.3) is 0 Å². The van der Waals surface area contributed by atoms with E-state index in [1.54, 1.807) is 6.92 Å². The highest BCUT2D eigenvalue weighted by atomic mass is 16.4. The summed E-state index contributed by atoms with van der Waals surface area (Å²) in [4.78, 5) is 16.2. The minimum absolute atomic E-state index is 0.564. The van der Waals surface area contributed by atoms with E-state index in [4.69, 9.17) is 0 Å². The van der Waals surface area contributed by atoms with Crippen molar-refractivity contribution < 1.29 is 9.90 Å². The summed E-state index contributed by atoms with van der Waals surface area (Å²) < 4.78 is 0. The second kappa shape index (κ2) is 7.22. The highest BCUT2D eigenvalue weighted by molar-refractivity contribution is 5.78. The standard InChI is InChI=1S/C14H29N3O2/c1-5-15-14(4,13(18)19)7-8-16-9-10-17(6-2)12(3)11-16/h12,15H,5-11H2,1-4H3,(H,18,19). The fraction of sp³-hybridized carbons (Fsp3) is 0.929. The van der Waals surface area contributed by atoms with Crippen LogP contribution in [0.2, 0.25) is 0 Å². The number of nitrogens with zero attached hydrogens (tertiary/aromatic N) is 2. The van der Waals surface area contributed by atoms with E-state index in [2.05, 4.69) is 29.0 Å². The Bertz CT molecular complexity index is 298. The Labute approximate surface area is 117 Å². The van der Waals surface area contributed by atoms with Gasteiger partial charge in [-0.2, -0.15) is 0 Å². The van der Waals surface area contributed by atoms with Gasteiger partial charge in [0.15, 0.2) is 0 Å². The quantitative estimate of drug-likeness (QED) is 0.719. The van der Waals surface area contributed by atoms with Crippen LogP contribution in [0, 0.1) is 0 Å². The van der Waals surface area contributed by atoms with E-state index in [0.717, 1.165) is 32.7 Å². The number of rotatable bonds is 7. The number of piperazine rings is 1.